The van der Waals surface area contributed by atoms with Crippen molar-refractivity contribution in [2.75, 3.05) is 11.1 Å². The Kier molecular flexibility index (Phi) is 8.22. The van der Waals surface area contributed by atoms with Gasteiger partial charge >= 0.3 is 0 Å². The number of thioether (sulfide) groups is 1. The highest BCUT2D eigenvalue weighted by Crippen LogP contribution is 2.24. The molecule has 0 aliphatic heterocycles. The van der Waals surface area contributed by atoms with E-state index in [9.17, 15) is 14.0 Å². The predicted octanol–water partition coefficient (Wildman–Crippen LogP) is 4.75. The maximum Gasteiger partial charge on any atom is 0.254 e. The highest BCUT2D eigenvalue weighted by Gasteiger charge is 2.21. The molecule has 0 saturated carbocycles. The van der Waals surface area contributed by atoms with Gasteiger partial charge in [-0.2, -0.15) is 0 Å². The van der Waals surface area contributed by atoms with Crippen molar-refractivity contribution in [3.63, 3.8) is 0 Å². The summed E-state index contributed by atoms with van der Waals surface area (Å²) in [4.78, 5) is 25.1. The van der Waals surface area contributed by atoms with Gasteiger partial charge in [0, 0.05) is 12.2 Å². The minimum absolute atomic E-state index is 0.0444. The molecule has 2 N–H and O–H groups in total. The van der Waals surface area contributed by atoms with Crippen LogP contribution in [0.3, 0.4) is 0 Å². The molecule has 3 aromatic rings. The SMILES string of the molecule is C=CCn1c(SCC(=O)Nc2c(C)cc(C)cc2C)nnc1[C@H](C)NC(=O)c1ccccc1F. The summed E-state index contributed by atoms with van der Waals surface area (Å²) in [7, 11) is 0. The average Bonchev–Trinajstić information content (AvgIpc) is 3.18. The van der Waals surface area contributed by atoms with Crippen LogP contribution in [0, 0.1) is 26.6 Å². The van der Waals surface area contributed by atoms with Crippen molar-refractivity contribution < 1.29 is 14.0 Å². The first-order chi connectivity index (χ1) is 16.2. The number of rotatable bonds is 9. The Labute approximate surface area is 202 Å². The standard InChI is InChI=1S/C25H28FN5O2S/c1-6-11-31-23(18(5)27-24(33)19-9-7-8-10-20(19)26)29-30-25(31)34-14-21(32)28-22-16(3)12-15(2)13-17(22)4/h6-10,12-13,18H,1,11,14H2,2-5H3,(H,27,33)(H,28,32)/t18-/m0/s1. The fourth-order valence-electron chi connectivity index (χ4n) is 3.69. The largest absolute Gasteiger partial charge is 0.342 e. The molecule has 0 saturated heterocycles. The Morgan fingerprint density at radius 2 is 1.85 bits per heavy atom. The topological polar surface area (TPSA) is 88.9 Å². The number of nitrogens with one attached hydrogen (secondary N) is 2. The monoisotopic (exact) mass is 481 g/mol. The Hall–Kier alpha value is -3.46. The van der Waals surface area contributed by atoms with Crippen LogP contribution in [0.15, 0.2) is 54.2 Å². The van der Waals surface area contributed by atoms with Gasteiger partial charge in [-0.3, -0.25) is 9.59 Å². The molecule has 0 bridgehead atoms. The third-order valence-corrected chi connectivity index (χ3v) is 6.15. The van der Waals surface area contributed by atoms with Crippen LogP contribution < -0.4 is 10.6 Å². The maximum atomic E-state index is 14.0. The second-order valence-electron chi connectivity index (χ2n) is 8.03. The number of allylic oxidation sites excluding steroid dienone is 1. The number of carbonyl (C=O) groups is 2. The minimum atomic E-state index is -0.596. The number of hydrogen-bond donors (Lipinski definition) is 2. The van der Waals surface area contributed by atoms with Gasteiger partial charge in [-0.25, -0.2) is 4.39 Å². The van der Waals surface area contributed by atoms with Gasteiger partial charge in [-0.15, -0.1) is 16.8 Å². The summed E-state index contributed by atoms with van der Waals surface area (Å²) < 4.78 is 15.7. The van der Waals surface area contributed by atoms with Gasteiger partial charge in [0.1, 0.15) is 5.82 Å². The number of aromatic nitrogens is 3. The zero-order chi connectivity index (χ0) is 24.8. The van der Waals surface area contributed by atoms with Crippen molar-refractivity contribution in [3.05, 3.63) is 82.9 Å². The van der Waals surface area contributed by atoms with Crippen molar-refractivity contribution >= 4 is 29.3 Å². The molecule has 2 aromatic carbocycles. The zero-order valence-corrected chi connectivity index (χ0v) is 20.5. The number of carbonyl (C=O) groups excluding carboxylic acids is 2. The molecule has 0 fully saturated rings. The van der Waals surface area contributed by atoms with Crippen LogP contribution >= 0.6 is 11.8 Å². The number of benzene rings is 2. The average molecular weight is 482 g/mol. The third-order valence-electron chi connectivity index (χ3n) is 5.18. The van der Waals surface area contributed by atoms with Crippen LogP contribution in [-0.4, -0.2) is 32.3 Å². The molecule has 2 amide bonds. The van der Waals surface area contributed by atoms with E-state index >= 15 is 0 Å². The second-order valence-corrected chi connectivity index (χ2v) is 8.97. The first kappa shape index (κ1) is 25.2. The summed E-state index contributed by atoms with van der Waals surface area (Å²) in [5.74, 6) is -0.677. The van der Waals surface area contributed by atoms with Crippen molar-refractivity contribution in [2.45, 2.75) is 45.4 Å². The lowest BCUT2D eigenvalue weighted by Crippen LogP contribution is -2.29. The molecule has 3 rings (SSSR count). The lowest BCUT2D eigenvalue weighted by molar-refractivity contribution is -0.113. The van der Waals surface area contributed by atoms with E-state index in [-0.39, 0.29) is 17.2 Å². The van der Waals surface area contributed by atoms with E-state index in [1.54, 1.807) is 23.6 Å². The lowest BCUT2D eigenvalue weighted by atomic mass is 10.1. The summed E-state index contributed by atoms with van der Waals surface area (Å²) >= 11 is 1.24. The molecule has 0 unspecified atom stereocenters. The first-order valence-electron chi connectivity index (χ1n) is 10.8. The van der Waals surface area contributed by atoms with E-state index in [1.807, 2.05) is 32.9 Å². The highest BCUT2D eigenvalue weighted by molar-refractivity contribution is 7.99. The molecular formula is C25H28FN5O2S. The fraction of sp³-hybridized carbons (Fsp3) is 0.280. The van der Waals surface area contributed by atoms with E-state index in [0.717, 1.165) is 22.4 Å². The van der Waals surface area contributed by atoms with Gasteiger partial charge in [0.15, 0.2) is 11.0 Å². The van der Waals surface area contributed by atoms with Gasteiger partial charge in [-0.05, 0) is 51.0 Å². The van der Waals surface area contributed by atoms with Crippen molar-refractivity contribution in [3.8, 4) is 0 Å². The molecule has 0 aliphatic rings. The Balaban J connectivity index is 1.70. The van der Waals surface area contributed by atoms with Crippen molar-refractivity contribution in [1.29, 1.82) is 0 Å². The van der Waals surface area contributed by atoms with E-state index in [1.165, 1.54) is 30.0 Å². The minimum Gasteiger partial charge on any atom is -0.342 e. The number of aryl methyl sites for hydroxylation is 3. The first-order valence-corrected chi connectivity index (χ1v) is 11.8. The molecule has 7 nitrogen and oxygen atoms in total. The molecule has 178 valence electrons. The quantitative estimate of drug-likeness (QED) is 0.340. The molecule has 34 heavy (non-hydrogen) atoms. The van der Waals surface area contributed by atoms with Gasteiger partial charge in [0.2, 0.25) is 5.91 Å². The number of nitrogens with zero attached hydrogens (tertiary/aromatic N) is 3. The predicted molar refractivity (Wildman–Crippen MR) is 133 cm³/mol. The van der Waals surface area contributed by atoms with Gasteiger partial charge < -0.3 is 15.2 Å². The molecule has 0 radical (unpaired) electrons. The summed E-state index contributed by atoms with van der Waals surface area (Å²) in [6.07, 6.45) is 1.68. The Bertz CT molecular complexity index is 1200. The van der Waals surface area contributed by atoms with E-state index in [4.69, 9.17) is 0 Å². The van der Waals surface area contributed by atoms with Crippen LogP contribution in [0.2, 0.25) is 0 Å². The van der Waals surface area contributed by atoms with Gasteiger partial charge in [0.05, 0.1) is 17.4 Å². The fourth-order valence-corrected chi connectivity index (χ4v) is 4.45. The lowest BCUT2D eigenvalue weighted by Gasteiger charge is -2.16. The van der Waals surface area contributed by atoms with Crippen LogP contribution in [0.4, 0.5) is 10.1 Å². The van der Waals surface area contributed by atoms with Gasteiger partial charge in [-0.1, -0.05) is 47.7 Å². The maximum absolute atomic E-state index is 14.0. The normalized spacial score (nSPS) is 11.7. The number of halogens is 1. The second kappa shape index (κ2) is 11.1. The molecule has 0 spiro atoms. The highest BCUT2D eigenvalue weighted by atomic mass is 32.2. The molecule has 1 aromatic heterocycles. The molecule has 9 heteroatoms. The molecule has 1 atom stereocenters. The summed E-state index contributed by atoms with van der Waals surface area (Å²) in [6.45, 7) is 11.9. The van der Waals surface area contributed by atoms with E-state index in [0.29, 0.717) is 17.5 Å². The Morgan fingerprint density at radius 3 is 2.50 bits per heavy atom. The van der Waals surface area contributed by atoms with Gasteiger partial charge in [0.25, 0.3) is 5.91 Å². The van der Waals surface area contributed by atoms with Crippen LogP contribution in [-0.2, 0) is 11.3 Å². The summed E-state index contributed by atoms with van der Waals surface area (Å²) in [5.41, 5.74) is 3.93. The number of amides is 2. The molecular weight excluding hydrogens is 453 g/mol. The molecule has 0 aliphatic carbocycles. The number of hydrogen-bond acceptors (Lipinski definition) is 5. The van der Waals surface area contributed by atoms with Crippen LogP contribution in [0.5, 0.6) is 0 Å². The Morgan fingerprint density at radius 1 is 1.18 bits per heavy atom. The van der Waals surface area contributed by atoms with E-state index in [2.05, 4.69) is 27.4 Å². The van der Waals surface area contributed by atoms with Crippen molar-refractivity contribution in [1.82, 2.24) is 20.1 Å². The van der Waals surface area contributed by atoms with Crippen LogP contribution in [0.25, 0.3) is 0 Å². The van der Waals surface area contributed by atoms with Crippen molar-refractivity contribution in [2.24, 2.45) is 0 Å². The summed E-state index contributed by atoms with van der Waals surface area (Å²) in [6, 6.07) is 9.29. The summed E-state index contributed by atoms with van der Waals surface area (Å²) in [5, 5.41) is 14.7. The van der Waals surface area contributed by atoms with Crippen LogP contribution in [0.1, 0.15) is 45.8 Å². The molecule has 1 heterocycles. The smallest absolute Gasteiger partial charge is 0.254 e. The zero-order valence-electron chi connectivity index (χ0n) is 19.7. The third kappa shape index (κ3) is 5.91. The number of anilines is 1. The van der Waals surface area contributed by atoms with E-state index < -0.39 is 17.8 Å².